The Hall–Kier alpha value is -1.80. The van der Waals surface area contributed by atoms with Gasteiger partial charge in [-0.15, -0.1) is 0 Å². The van der Waals surface area contributed by atoms with Crippen molar-refractivity contribution in [3.05, 3.63) is 65.2 Å². The molecule has 2 aromatic carbocycles. The minimum Gasteiger partial charge on any atom is -0.493 e. The van der Waals surface area contributed by atoms with Crippen LogP contribution in [0.25, 0.3) is 0 Å². The molecule has 0 atom stereocenters. The number of para-hydroxylation sites is 1. The zero-order valence-corrected chi connectivity index (χ0v) is 11.3. The summed E-state index contributed by atoms with van der Waals surface area (Å²) in [6.45, 7) is 0.413. The first-order chi connectivity index (χ1) is 9.24. The van der Waals surface area contributed by atoms with Gasteiger partial charge in [-0.1, -0.05) is 41.9 Å². The van der Waals surface area contributed by atoms with Gasteiger partial charge in [-0.25, -0.2) is 0 Å². The molecule has 0 fully saturated rings. The molecule has 2 rings (SSSR count). The SMILES string of the molecule is O=C(CCOc1ccccc1)Cc1ccc(Cl)cc1. The number of hydrogen-bond acceptors (Lipinski definition) is 2. The number of carbonyl (C=O) groups excluding carboxylic acids is 1. The third-order valence-corrected chi connectivity index (χ3v) is 2.96. The molecule has 19 heavy (non-hydrogen) atoms. The summed E-state index contributed by atoms with van der Waals surface area (Å²) in [5.41, 5.74) is 0.981. The van der Waals surface area contributed by atoms with E-state index in [2.05, 4.69) is 0 Å². The van der Waals surface area contributed by atoms with E-state index in [4.69, 9.17) is 16.3 Å². The molecule has 2 aromatic rings. The number of halogens is 1. The van der Waals surface area contributed by atoms with Gasteiger partial charge in [0.1, 0.15) is 11.5 Å². The molecule has 0 aliphatic heterocycles. The van der Waals surface area contributed by atoms with Crippen molar-refractivity contribution in [2.24, 2.45) is 0 Å². The van der Waals surface area contributed by atoms with Gasteiger partial charge in [0.25, 0.3) is 0 Å². The van der Waals surface area contributed by atoms with Gasteiger partial charge in [0.05, 0.1) is 6.61 Å². The summed E-state index contributed by atoms with van der Waals surface area (Å²) in [6.07, 6.45) is 0.840. The van der Waals surface area contributed by atoms with Crippen molar-refractivity contribution in [3.63, 3.8) is 0 Å². The Bertz CT molecular complexity index is 520. The molecule has 0 aliphatic rings. The van der Waals surface area contributed by atoms with E-state index in [1.807, 2.05) is 42.5 Å². The molecule has 0 heterocycles. The van der Waals surface area contributed by atoms with Gasteiger partial charge in [-0.2, -0.15) is 0 Å². The monoisotopic (exact) mass is 274 g/mol. The summed E-state index contributed by atoms with van der Waals surface area (Å²) < 4.78 is 5.49. The maximum absolute atomic E-state index is 11.8. The molecular weight excluding hydrogens is 260 g/mol. The van der Waals surface area contributed by atoms with Crippen LogP contribution in [-0.4, -0.2) is 12.4 Å². The van der Waals surface area contributed by atoms with Crippen LogP contribution in [0.1, 0.15) is 12.0 Å². The van der Waals surface area contributed by atoms with Crippen molar-refractivity contribution in [1.82, 2.24) is 0 Å². The van der Waals surface area contributed by atoms with Crippen LogP contribution in [0.4, 0.5) is 0 Å². The second-order valence-corrected chi connectivity index (χ2v) is 4.69. The Morgan fingerprint density at radius 2 is 1.68 bits per heavy atom. The van der Waals surface area contributed by atoms with Gasteiger partial charge in [-0.05, 0) is 29.8 Å². The van der Waals surface area contributed by atoms with Crippen LogP contribution in [0.5, 0.6) is 5.75 Å². The Morgan fingerprint density at radius 3 is 2.37 bits per heavy atom. The van der Waals surface area contributed by atoms with Gasteiger partial charge in [-0.3, -0.25) is 4.79 Å². The first-order valence-electron chi connectivity index (χ1n) is 6.18. The largest absolute Gasteiger partial charge is 0.493 e. The lowest BCUT2D eigenvalue weighted by Crippen LogP contribution is -2.08. The predicted octanol–water partition coefficient (Wildman–Crippen LogP) is 3.92. The van der Waals surface area contributed by atoms with Crippen molar-refractivity contribution < 1.29 is 9.53 Å². The van der Waals surface area contributed by atoms with Crippen LogP contribution in [0, 0.1) is 0 Å². The van der Waals surface area contributed by atoms with E-state index in [0.29, 0.717) is 24.5 Å². The molecule has 0 spiro atoms. The van der Waals surface area contributed by atoms with Crippen LogP contribution in [0.2, 0.25) is 5.02 Å². The van der Waals surface area contributed by atoms with Crippen molar-refractivity contribution in [3.8, 4) is 5.75 Å². The molecule has 0 aliphatic carbocycles. The van der Waals surface area contributed by atoms with Gasteiger partial charge in [0.15, 0.2) is 0 Å². The summed E-state index contributed by atoms with van der Waals surface area (Å²) in [5, 5.41) is 0.684. The average molecular weight is 275 g/mol. The second kappa shape index (κ2) is 6.95. The lowest BCUT2D eigenvalue weighted by Gasteiger charge is -2.05. The molecule has 3 heteroatoms. The summed E-state index contributed by atoms with van der Waals surface area (Å²) in [7, 11) is 0. The summed E-state index contributed by atoms with van der Waals surface area (Å²) in [6, 6.07) is 16.8. The highest BCUT2D eigenvalue weighted by Gasteiger charge is 2.04. The molecule has 0 bridgehead atoms. The number of benzene rings is 2. The van der Waals surface area contributed by atoms with E-state index < -0.39 is 0 Å². The summed E-state index contributed by atoms with van der Waals surface area (Å²) in [4.78, 5) is 11.8. The van der Waals surface area contributed by atoms with Crippen molar-refractivity contribution in [2.75, 3.05) is 6.61 Å². The number of Topliss-reactive ketones (excluding diaryl/α,β-unsaturated/α-hetero) is 1. The molecule has 0 unspecified atom stereocenters. The Balaban J connectivity index is 1.74. The van der Waals surface area contributed by atoms with Crippen LogP contribution >= 0.6 is 11.6 Å². The first-order valence-corrected chi connectivity index (χ1v) is 6.56. The summed E-state index contributed by atoms with van der Waals surface area (Å²) >= 11 is 5.79. The number of hydrogen-bond donors (Lipinski definition) is 0. The van der Waals surface area contributed by atoms with Gasteiger partial charge in [0.2, 0.25) is 0 Å². The molecule has 2 nitrogen and oxygen atoms in total. The molecule has 0 saturated carbocycles. The number of ether oxygens (including phenoxy) is 1. The van der Waals surface area contributed by atoms with Crippen molar-refractivity contribution in [1.29, 1.82) is 0 Å². The topological polar surface area (TPSA) is 26.3 Å². The van der Waals surface area contributed by atoms with Crippen molar-refractivity contribution in [2.45, 2.75) is 12.8 Å². The lowest BCUT2D eigenvalue weighted by molar-refractivity contribution is -0.118. The van der Waals surface area contributed by atoms with Gasteiger partial charge in [0, 0.05) is 17.9 Å². The van der Waals surface area contributed by atoms with E-state index in [1.54, 1.807) is 12.1 Å². The molecule has 0 aromatic heterocycles. The highest BCUT2D eigenvalue weighted by atomic mass is 35.5. The van der Waals surface area contributed by atoms with E-state index in [0.717, 1.165) is 11.3 Å². The maximum Gasteiger partial charge on any atom is 0.140 e. The Kier molecular flexibility index (Phi) is 4.99. The quantitative estimate of drug-likeness (QED) is 0.798. The fourth-order valence-electron chi connectivity index (χ4n) is 1.72. The van der Waals surface area contributed by atoms with Crippen LogP contribution in [0.15, 0.2) is 54.6 Å². The van der Waals surface area contributed by atoms with Crippen LogP contribution < -0.4 is 4.74 Å². The predicted molar refractivity (Wildman–Crippen MR) is 76.7 cm³/mol. The second-order valence-electron chi connectivity index (χ2n) is 4.25. The minimum atomic E-state index is 0.165. The smallest absolute Gasteiger partial charge is 0.140 e. The highest BCUT2D eigenvalue weighted by Crippen LogP contribution is 2.11. The highest BCUT2D eigenvalue weighted by molar-refractivity contribution is 6.30. The zero-order valence-electron chi connectivity index (χ0n) is 10.5. The average Bonchev–Trinajstić information content (AvgIpc) is 2.43. The van der Waals surface area contributed by atoms with Crippen LogP contribution in [-0.2, 0) is 11.2 Å². The molecule has 98 valence electrons. The number of rotatable bonds is 6. The molecule has 0 N–H and O–H groups in total. The van der Waals surface area contributed by atoms with E-state index in [1.165, 1.54) is 0 Å². The fraction of sp³-hybridized carbons (Fsp3) is 0.188. The molecule has 0 radical (unpaired) electrons. The van der Waals surface area contributed by atoms with E-state index in [-0.39, 0.29) is 5.78 Å². The number of ketones is 1. The fourth-order valence-corrected chi connectivity index (χ4v) is 1.84. The third kappa shape index (κ3) is 4.76. The van der Waals surface area contributed by atoms with E-state index >= 15 is 0 Å². The third-order valence-electron chi connectivity index (χ3n) is 2.71. The van der Waals surface area contributed by atoms with E-state index in [9.17, 15) is 4.79 Å². The Morgan fingerprint density at radius 1 is 1.00 bits per heavy atom. The first kappa shape index (κ1) is 13.6. The van der Waals surface area contributed by atoms with Gasteiger partial charge < -0.3 is 4.74 Å². The standard InChI is InChI=1S/C16H15ClO2/c17-14-8-6-13(7-9-14)12-15(18)10-11-19-16-4-2-1-3-5-16/h1-9H,10-12H2. The molecule has 0 saturated heterocycles. The van der Waals surface area contributed by atoms with Gasteiger partial charge >= 0.3 is 0 Å². The maximum atomic E-state index is 11.8. The zero-order chi connectivity index (χ0) is 13.5. The minimum absolute atomic E-state index is 0.165. The molecular formula is C16H15ClO2. The normalized spacial score (nSPS) is 10.2. The Labute approximate surface area is 118 Å². The number of carbonyl (C=O) groups is 1. The summed E-state index contributed by atoms with van der Waals surface area (Å²) in [5.74, 6) is 0.958. The van der Waals surface area contributed by atoms with Crippen molar-refractivity contribution >= 4 is 17.4 Å². The van der Waals surface area contributed by atoms with Crippen LogP contribution in [0.3, 0.4) is 0 Å². The molecule has 0 amide bonds. The lowest BCUT2D eigenvalue weighted by atomic mass is 10.1.